The summed E-state index contributed by atoms with van der Waals surface area (Å²) >= 11 is 0. The fraction of sp³-hybridized carbons (Fsp3) is 0.909. The van der Waals surface area contributed by atoms with Gasteiger partial charge in [-0.15, -0.1) is 0 Å². The lowest BCUT2D eigenvalue weighted by molar-refractivity contribution is -0.119. The maximum Gasteiger partial charge on any atom is 0.216 e. The van der Waals surface area contributed by atoms with Crippen molar-refractivity contribution in [2.45, 2.75) is 13.8 Å². The van der Waals surface area contributed by atoms with Crippen LogP contribution in [0.2, 0.25) is 0 Å². The van der Waals surface area contributed by atoms with Gasteiger partial charge in [0, 0.05) is 33.2 Å². The highest BCUT2D eigenvalue weighted by molar-refractivity contribution is 5.72. The standard InChI is InChI=1S/C11H24N2O3/c1-4-15-9-6-13(3)7-10-16-8-5-12-11(2)14/h4-10H2,1-3H3,(H,12,14). The smallest absolute Gasteiger partial charge is 0.216 e. The highest BCUT2D eigenvalue weighted by Crippen LogP contribution is 1.84. The molecule has 1 N–H and O–H groups in total. The summed E-state index contributed by atoms with van der Waals surface area (Å²) in [5.41, 5.74) is 0. The Morgan fingerprint density at radius 1 is 1.19 bits per heavy atom. The van der Waals surface area contributed by atoms with E-state index in [4.69, 9.17) is 9.47 Å². The summed E-state index contributed by atoms with van der Waals surface area (Å²) in [7, 11) is 2.04. The zero-order chi connectivity index (χ0) is 12.2. The zero-order valence-electron chi connectivity index (χ0n) is 10.6. The van der Waals surface area contributed by atoms with Crippen LogP contribution in [0.4, 0.5) is 0 Å². The Hall–Kier alpha value is -0.650. The summed E-state index contributed by atoms with van der Waals surface area (Å²) in [6, 6.07) is 0. The van der Waals surface area contributed by atoms with Gasteiger partial charge in [-0.2, -0.15) is 0 Å². The third kappa shape index (κ3) is 11.4. The molecule has 0 saturated heterocycles. The number of nitrogens with zero attached hydrogens (tertiary/aromatic N) is 1. The van der Waals surface area contributed by atoms with E-state index in [2.05, 4.69) is 10.2 Å². The van der Waals surface area contributed by atoms with Crippen molar-refractivity contribution in [2.75, 3.05) is 53.1 Å². The molecule has 0 aliphatic rings. The van der Waals surface area contributed by atoms with Gasteiger partial charge < -0.3 is 19.7 Å². The molecule has 0 aliphatic heterocycles. The molecule has 0 aromatic heterocycles. The Labute approximate surface area is 98.1 Å². The Balaban J connectivity index is 3.14. The maximum absolute atomic E-state index is 10.5. The molecule has 0 aromatic carbocycles. The Bertz CT molecular complexity index is 177. The molecule has 0 saturated carbocycles. The quantitative estimate of drug-likeness (QED) is 0.543. The van der Waals surface area contributed by atoms with Crippen LogP contribution < -0.4 is 5.32 Å². The lowest BCUT2D eigenvalue weighted by Crippen LogP contribution is -2.29. The van der Waals surface area contributed by atoms with Crippen LogP contribution in [-0.4, -0.2) is 63.9 Å². The van der Waals surface area contributed by atoms with Crippen LogP contribution >= 0.6 is 0 Å². The van der Waals surface area contributed by atoms with Gasteiger partial charge in [0.2, 0.25) is 5.91 Å². The van der Waals surface area contributed by atoms with E-state index in [1.54, 1.807) is 0 Å². The number of hydrogen-bond acceptors (Lipinski definition) is 4. The molecule has 0 aliphatic carbocycles. The van der Waals surface area contributed by atoms with E-state index in [9.17, 15) is 4.79 Å². The second kappa shape index (κ2) is 10.9. The summed E-state index contributed by atoms with van der Waals surface area (Å²) < 4.78 is 10.6. The van der Waals surface area contributed by atoms with Crippen LogP contribution in [0, 0.1) is 0 Å². The Morgan fingerprint density at radius 3 is 2.38 bits per heavy atom. The van der Waals surface area contributed by atoms with Crippen LogP contribution in [0.3, 0.4) is 0 Å². The lowest BCUT2D eigenvalue weighted by atomic mass is 10.5. The predicted molar refractivity (Wildman–Crippen MR) is 63.5 cm³/mol. The maximum atomic E-state index is 10.5. The summed E-state index contributed by atoms with van der Waals surface area (Å²) in [4.78, 5) is 12.7. The Kier molecular flexibility index (Phi) is 10.4. The molecule has 1 amide bonds. The molecule has 96 valence electrons. The van der Waals surface area contributed by atoms with Crippen molar-refractivity contribution in [3.8, 4) is 0 Å². The highest BCUT2D eigenvalue weighted by Gasteiger charge is 1.97. The summed E-state index contributed by atoms with van der Waals surface area (Å²) in [5, 5.41) is 2.68. The minimum Gasteiger partial charge on any atom is -0.380 e. The van der Waals surface area contributed by atoms with Gasteiger partial charge in [-0.05, 0) is 14.0 Å². The monoisotopic (exact) mass is 232 g/mol. The van der Waals surface area contributed by atoms with Crippen molar-refractivity contribution in [1.29, 1.82) is 0 Å². The Morgan fingerprint density at radius 2 is 1.81 bits per heavy atom. The van der Waals surface area contributed by atoms with Crippen LogP contribution in [-0.2, 0) is 14.3 Å². The number of carbonyl (C=O) groups is 1. The van der Waals surface area contributed by atoms with E-state index in [1.165, 1.54) is 6.92 Å². The number of amides is 1. The molecule has 5 nitrogen and oxygen atoms in total. The molecule has 0 fully saturated rings. The molecule has 16 heavy (non-hydrogen) atoms. The topological polar surface area (TPSA) is 50.8 Å². The van der Waals surface area contributed by atoms with Crippen LogP contribution in [0.1, 0.15) is 13.8 Å². The number of nitrogens with one attached hydrogen (secondary N) is 1. The normalized spacial score (nSPS) is 10.8. The third-order valence-corrected chi connectivity index (χ3v) is 2.06. The van der Waals surface area contributed by atoms with Gasteiger partial charge in [-0.25, -0.2) is 0 Å². The first-order chi connectivity index (χ1) is 7.66. The lowest BCUT2D eigenvalue weighted by Gasteiger charge is -2.16. The zero-order valence-corrected chi connectivity index (χ0v) is 10.6. The second-order valence-corrected chi connectivity index (χ2v) is 3.60. The summed E-state index contributed by atoms with van der Waals surface area (Å²) in [6.45, 7) is 8.65. The summed E-state index contributed by atoms with van der Waals surface area (Å²) in [6.07, 6.45) is 0. The van der Waals surface area contributed by atoms with Crippen molar-refractivity contribution in [2.24, 2.45) is 0 Å². The SMILES string of the molecule is CCOCCN(C)CCOCCNC(C)=O. The van der Waals surface area contributed by atoms with E-state index in [0.717, 1.165) is 26.3 Å². The number of carbonyl (C=O) groups excluding carboxylic acids is 1. The molecule has 5 heteroatoms. The minimum absolute atomic E-state index is 0.0163. The molecule has 0 atom stereocenters. The van der Waals surface area contributed by atoms with Crippen molar-refractivity contribution in [3.63, 3.8) is 0 Å². The van der Waals surface area contributed by atoms with Gasteiger partial charge in [-0.3, -0.25) is 4.79 Å². The van der Waals surface area contributed by atoms with Gasteiger partial charge in [0.25, 0.3) is 0 Å². The summed E-state index contributed by atoms with van der Waals surface area (Å²) in [5.74, 6) is -0.0163. The van der Waals surface area contributed by atoms with Crippen LogP contribution in [0.5, 0.6) is 0 Å². The molecule has 0 bridgehead atoms. The molecular formula is C11H24N2O3. The molecule has 0 heterocycles. The van der Waals surface area contributed by atoms with Gasteiger partial charge in [0.05, 0.1) is 19.8 Å². The van der Waals surface area contributed by atoms with Crippen molar-refractivity contribution < 1.29 is 14.3 Å². The van der Waals surface area contributed by atoms with Crippen LogP contribution in [0.25, 0.3) is 0 Å². The third-order valence-electron chi connectivity index (χ3n) is 2.06. The highest BCUT2D eigenvalue weighted by atomic mass is 16.5. The largest absolute Gasteiger partial charge is 0.380 e. The average Bonchev–Trinajstić information content (AvgIpc) is 2.23. The predicted octanol–water partition coefficient (Wildman–Crippen LogP) is 0.107. The number of likely N-dealkylation sites (N-methyl/N-ethyl adjacent to an activating group) is 1. The van der Waals surface area contributed by atoms with E-state index in [0.29, 0.717) is 19.8 Å². The molecule has 0 rings (SSSR count). The van der Waals surface area contributed by atoms with Gasteiger partial charge in [0.1, 0.15) is 0 Å². The van der Waals surface area contributed by atoms with Crippen molar-refractivity contribution in [3.05, 3.63) is 0 Å². The first-order valence-electron chi connectivity index (χ1n) is 5.75. The fourth-order valence-electron chi connectivity index (χ4n) is 1.10. The van der Waals surface area contributed by atoms with Crippen molar-refractivity contribution >= 4 is 5.91 Å². The number of hydrogen-bond donors (Lipinski definition) is 1. The first-order valence-corrected chi connectivity index (χ1v) is 5.75. The number of rotatable bonds is 10. The second-order valence-electron chi connectivity index (χ2n) is 3.60. The average molecular weight is 232 g/mol. The fourth-order valence-corrected chi connectivity index (χ4v) is 1.10. The molecule has 0 aromatic rings. The van der Waals surface area contributed by atoms with E-state index < -0.39 is 0 Å². The van der Waals surface area contributed by atoms with Gasteiger partial charge >= 0.3 is 0 Å². The van der Waals surface area contributed by atoms with E-state index in [-0.39, 0.29) is 5.91 Å². The molecule has 0 spiro atoms. The van der Waals surface area contributed by atoms with Gasteiger partial charge in [0.15, 0.2) is 0 Å². The molecular weight excluding hydrogens is 208 g/mol. The van der Waals surface area contributed by atoms with E-state index in [1.807, 2.05) is 14.0 Å². The molecule has 0 unspecified atom stereocenters. The van der Waals surface area contributed by atoms with Gasteiger partial charge in [-0.1, -0.05) is 0 Å². The van der Waals surface area contributed by atoms with E-state index >= 15 is 0 Å². The van der Waals surface area contributed by atoms with Crippen LogP contribution in [0.15, 0.2) is 0 Å². The number of ether oxygens (including phenoxy) is 2. The molecule has 0 radical (unpaired) electrons. The van der Waals surface area contributed by atoms with Crippen molar-refractivity contribution in [1.82, 2.24) is 10.2 Å². The minimum atomic E-state index is -0.0163. The first kappa shape index (κ1) is 15.3.